The Morgan fingerprint density at radius 3 is 2.47 bits per heavy atom. The molecule has 3 aromatic carbocycles. The van der Waals surface area contributed by atoms with E-state index in [0.29, 0.717) is 37.8 Å². The fraction of sp³-hybridized carbons (Fsp3) is 0.172. The van der Waals surface area contributed by atoms with Crippen LogP contribution < -0.4 is 15.5 Å². The van der Waals surface area contributed by atoms with Gasteiger partial charge in [-0.3, -0.25) is 9.59 Å². The molecule has 2 amide bonds. The third-order valence-corrected chi connectivity index (χ3v) is 6.49. The van der Waals surface area contributed by atoms with Gasteiger partial charge in [0.1, 0.15) is 6.61 Å². The van der Waals surface area contributed by atoms with Crippen molar-refractivity contribution in [1.29, 1.82) is 0 Å². The Bertz CT molecular complexity index is 1480. The van der Waals surface area contributed by atoms with E-state index in [4.69, 9.17) is 10.1 Å². The van der Waals surface area contributed by atoms with Crippen LogP contribution in [0.3, 0.4) is 0 Å². The number of fused-ring (bicyclic) bond motifs is 1. The molecule has 0 atom stereocenters. The van der Waals surface area contributed by atoms with Gasteiger partial charge in [-0.1, -0.05) is 36.9 Å². The van der Waals surface area contributed by atoms with Crippen molar-refractivity contribution >= 4 is 45.7 Å². The number of aliphatic hydroxyl groups excluding tert-OH is 1. The molecule has 1 fully saturated rings. The minimum Gasteiger partial charge on any atom is -0.387 e. The molecule has 0 bridgehead atoms. The second-order valence-corrected chi connectivity index (χ2v) is 8.91. The summed E-state index contributed by atoms with van der Waals surface area (Å²) < 4.78 is 0. The van der Waals surface area contributed by atoms with Crippen molar-refractivity contribution in [2.45, 2.75) is 0 Å². The maximum absolute atomic E-state index is 11.7. The van der Waals surface area contributed by atoms with Gasteiger partial charge >= 0.3 is 0 Å². The Kier molecular flexibility index (Phi) is 7.28. The molecule has 9 nitrogen and oxygen atoms in total. The Hall–Kier alpha value is -4.76. The lowest BCUT2D eigenvalue weighted by Crippen LogP contribution is -2.49. The largest absolute Gasteiger partial charge is 0.387 e. The molecule has 1 aromatic heterocycles. The van der Waals surface area contributed by atoms with E-state index in [1.54, 1.807) is 11.1 Å². The summed E-state index contributed by atoms with van der Waals surface area (Å²) in [6.45, 7) is 5.68. The van der Waals surface area contributed by atoms with Crippen LogP contribution in [0.2, 0.25) is 0 Å². The van der Waals surface area contributed by atoms with E-state index in [1.807, 2.05) is 66.7 Å². The van der Waals surface area contributed by atoms with E-state index in [2.05, 4.69) is 27.1 Å². The van der Waals surface area contributed by atoms with E-state index < -0.39 is 6.61 Å². The highest BCUT2D eigenvalue weighted by molar-refractivity contribution is 6.00. The molecule has 0 radical (unpaired) electrons. The molecular weight excluding hydrogens is 480 g/mol. The van der Waals surface area contributed by atoms with Gasteiger partial charge in [-0.25, -0.2) is 9.97 Å². The molecule has 192 valence electrons. The third-order valence-electron chi connectivity index (χ3n) is 6.49. The van der Waals surface area contributed by atoms with Crippen molar-refractivity contribution in [2.24, 2.45) is 0 Å². The summed E-state index contributed by atoms with van der Waals surface area (Å²) in [7, 11) is 0. The number of hydrogen-bond acceptors (Lipinski definition) is 7. The normalized spacial score (nSPS) is 13.3. The first kappa shape index (κ1) is 24.9. The highest BCUT2D eigenvalue weighted by atomic mass is 16.3. The Morgan fingerprint density at radius 1 is 0.974 bits per heavy atom. The fourth-order valence-electron chi connectivity index (χ4n) is 4.51. The molecule has 1 saturated heterocycles. The Labute approximate surface area is 220 Å². The summed E-state index contributed by atoms with van der Waals surface area (Å²) in [5.41, 5.74) is 5.25. The van der Waals surface area contributed by atoms with Crippen molar-refractivity contribution in [3.63, 3.8) is 0 Å². The summed E-state index contributed by atoms with van der Waals surface area (Å²) in [6.07, 6.45) is 3.03. The van der Waals surface area contributed by atoms with E-state index in [1.165, 1.54) is 6.08 Å². The lowest BCUT2D eigenvalue weighted by molar-refractivity contribution is -0.134. The second-order valence-electron chi connectivity index (χ2n) is 8.91. The lowest BCUT2D eigenvalue weighted by Gasteiger charge is -2.35. The fourth-order valence-corrected chi connectivity index (χ4v) is 4.51. The number of aliphatic hydroxyl groups is 1. The molecule has 38 heavy (non-hydrogen) atoms. The molecule has 1 aliphatic rings. The highest BCUT2D eigenvalue weighted by Crippen LogP contribution is 2.30. The Morgan fingerprint density at radius 2 is 1.74 bits per heavy atom. The monoisotopic (exact) mass is 508 g/mol. The molecule has 9 heteroatoms. The molecule has 5 rings (SSSR count). The van der Waals surface area contributed by atoms with Crippen molar-refractivity contribution in [2.75, 3.05) is 48.3 Å². The summed E-state index contributed by atoms with van der Waals surface area (Å²) in [5, 5.41) is 16.1. The average molecular weight is 509 g/mol. The van der Waals surface area contributed by atoms with Gasteiger partial charge in [0.25, 0.3) is 0 Å². The zero-order valence-corrected chi connectivity index (χ0v) is 20.8. The maximum atomic E-state index is 11.7. The van der Waals surface area contributed by atoms with Gasteiger partial charge in [-0.15, -0.1) is 0 Å². The number of rotatable bonds is 7. The van der Waals surface area contributed by atoms with Crippen LogP contribution in [0.5, 0.6) is 0 Å². The topological polar surface area (TPSA) is 111 Å². The number of benzene rings is 3. The van der Waals surface area contributed by atoms with Crippen LogP contribution in [0.4, 0.5) is 23.0 Å². The van der Waals surface area contributed by atoms with E-state index in [0.717, 1.165) is 33.4 Å². The number of nitrogens with one attached hydrogen (secondary N) is 2. The average Bonchev–Trinajstić information content (AvgIpc) is 2.97. The molecule has 0 aliphatic carbocycles. The van der Waals surface area contributed by atoms with E-state index >= 15 is 0 Å². The first-order valence-electron chi connectivity index (χ1n) is 12.3. The van der Waals surface area contributed by atoms with Crippen LogP contribution in [-0.2, 0) is 9.59 Å². The first-order valence-corrected chi connectivity index (χ1v) is 12.3. The third kappa shape index (κ3) is 5.47. The lowest BCUT2D eigenvalue weighted by atomic mass is 10.0. The number of para-hydroxylation sites is 1. The number of anilines is 4. The van der Waals surface area contributed by atoms with Gasteiger partial charge in [-0.2, -0.15) is 0 Å². The van der Waals surface area contributed by atoms with Crippen LogP contribution in [0.25, 0.3) is 22.0 Å². The first-order chi connectivity index (χ1) is 18.5. The smallest absolute Gasteiger partial charge is 0.248 e. The van der Waals surface area contributed by atoms with Gasteiger partial charge in [0.2, 0.25) is 17.8 Å². The summed E-state index contributed by atoms with van der Waals surface area (Å²) in [4.78, 5) is 36.6. The summed E-state index contributed by atoms with van der Waals surface area (Å²) in [6, 6.07) is 21.5. The molecule has 0 saturated carbocycles. The second kappa shape index (κ2) is 11.1. The van der Waals surface area contributed by atoms with Crippen molar-refractivity contribution in [3.8, 4) is 11.1 Å². The minimum absolute atomic E-state index is 0.227. The van der Waals surface area contributed by atoms with E-state index in [9.17, 15) is 9.59 Å². The van der Waals surface area contributed by atoms with Gasteiger partial charge in [0.15, 0.2) is 0 Å². The molecular formula is C29H28N6O3. The standard InChI is InChI=1S/C29H28N6O3/c1-2-26(37)31-23-7-3-5-20(17-23)25-8-4-6-21-18-30-29(33-28(21)25)32-22-9-11-24(12-10-22)34-13-15-35(16-14-34)27(38)19-36/h2-12,17-18,36H,1,13-16,19H2,(H,31,37)(H,30,32,33). The zero-order valence-electron chi connectivity index (χ0n) is 20.8. The van der Waals surface area contributed by atoms with Gasteiger partial charge in [0, 0.05) is 60.4 Å². The molecule has 3 N–H and O–H groups in total. The number of nitrogens with zero attached hydrogens (tertiary/aromatic N) is 4. The predicted molar refractivity (Wildman–Crippen MR) is 149 cm³/mol. The Balaban J connectivity index is 1.33. The SMILES string of the molecule is C=CC(=O)Nc1cccc(-c2cccc3cnc(Nc4ccc(N5CCN(C(=O)CO)CC5)cc4)nc23)c1. The molecule has 0 unspecified atom stereocenters. The van der Waals surface area contributed by atoms with Crippen LogP contribution in [0, 0.1) is 0 Å². The maximum Gasteiger partial charge on any atom is 0.248 e. The number of hydrogen-bond donors (Lipinski definition) is 3. The zero-order chi connectivity index (χ0) is 26.5. The van der Waals surface area contributed by atoms with Crippen LogP contribution in [-0.4, -0.2) is 64.6 Å². The minimum atomic E-state index is -0.445. The summed E-state index contributed by atoms with van der Waals surface area (Å²) in [5.74, 6) is -0.0150. The summed E-state index contributed by atoms with van der Waals surface area (Å²) >= 11 is 0. The quantitative estimate of drug-likeness (QED) is 0.326. The molecule has 2 heterocycles. The number of carbonyl (C=O) groups excluding carboxylic acids is 2. The molecule has 1 aliphatic heterocycles. The van der Waals surface area contributed by atoms with Crippen LogP contribution >= 0.6 is 0 Å². The predicted octanol–water partition coefficient (Wildman–Crippen LogP) is 3.81. The van der Waals surface area contributed by atoms with Gasteiger partial charge in [-0.05, 0) is 48.0 Å². The molecule has 4 aromatic rings. The van der Waals surface area contributed by atoms with Gasteiger partial charge < -0.3 is 25.5 Å². The number of piperazine rings is 1. The number of amides is 2. The number of carbonyl (C=O) groups is 2. The van der Waals surface area contributed by atoms with Crippen molar-refractivity contribution in [1.82, 2.24) is 14.9 Å². The van der Waals surface area contributed by atoms with Crippen molar-refractivity contribution < 1.29 is 14.7 Å². The van der Waals surface area contributed by atoms with Crippen LogP contribution in [0.15, 0.2) is 85.6 Å². The van der Waals surface area contributed by atoms with Crippen molar-refractivity contribution in [3.05, 3.63) is 85.6 Å². The van der Waals surface area contributed by atoms with Gasteiger partial charge in [0.05, 0.1) is 5.52 Å². The number of aromatic nitrogens is 2. The van der Waals surface area contributed by atoms with Crippen LogP contribution in [0.1, 0.15) is 0 Å². The molecule has 0 spiro atoms. The van der Waals surface area contributed by atoms with E-state index in [-0.39, 0.29) is 11.8 Å². The highest BCUT2D eigenvalue weighted by Gasteiger charge is 2.20.